The maximum Gasteiger partial charge on any atom is 0.180 e. The van der Waals surface area contributed by atoms with Crippen molar-refractivity contribution in [2.45, 2.75) is 0 Å². The van der Waals surface area contributed by atoms with Crippen molar-refractivity contribution >= 4 is 34.2 Å². The molecular formula is C20H19N7O. The van der Waals surface area contributed by atoms with Crippen LogP contribution in [0.4, 0.5) is 5.82 Å². The van der Waals surface area contributed by atoms with Crippen molar-refractivity contribution in [1.29, 1.82) is 0 Å². The molecule has 0 amide bonds. The van der Waals surface area contributed by atoms with Gasteiger partial charge in [0.1, 0.15) is 5.69 Å². The Kier molecular flexibility index (Phi) is 4.69. The second kappa shape index (κ2) is 7.45. The molecule has 28 heavy (non-hydrogen) atoms. The van der Waals surface area contributed by atoms with Gasteiger partial charge in [0, 0.05) is 47.5 Å². The summed E-state index contributed by atoms with van der Waals surface area (Å²) in [6.07, 6.45) is 8.29. The summed E-state index contributed by atoms with van der Waals surface area (Å²) >= 11 is 0. The smallest absolute Gasteiger partial charge is 0.180 e. The highest BCUT2D eigenvalue weighted by atomic mass is 16.3. The summed E-state index contributed by atoms with van der Waals surface area (Å²) in [5.41, 5.74) is 16.3. The summed E-state index contributed by atoms with van der Waals surface area (Å²) in [6.45, 7) is 0.228. The molecule has 8 nitrogen and oxygen atoms in total. The van der Waals surface area contributed by atoms with Gasteiger partial charge in [-0.1, -0.05) is 12.1 Å². The molecule has 5 N–H and O–H groups in total. The number of hydrogen-bond donors (Lipinski definition) is 3. The van der Waals surface area contributed by atoms with Crippen LogP contribution in [0.1, 0.15) is 5.69 Å². The highest BCUT2D eigenvalue weighted by Crippen LogP contribution is 2.31. The molecule has 0 fully saturated rings. The number of anilines is 1. The quantitative estimate of drug-likeness (QED) is 0.458. The van der Waals surface area contributed by atoms with Crippen LogP contribution in [0.15, 0.2) is 60.1 Å². The zero-order valence-corrected chi connectivity index (χ0v) is 15.0. The average Bonchev–Trinajstić information content (AvgIpc) is 3.21. The van der Waals surface area contributed by atoms with E-state index < -0.39 is 0 Å². The average molecular weight is 373 g/mol. The van der Waals surface area contributed by atoms with Gasteiger partial charge in [-0.25, -0.2) is 9.97 Å². The van der Waals surface area contributed by atoms with Gasteiger partial charge in [0.2, 0.25) is 0 Å². The highest BCUT2D eigenvalue weighted by molar-refractivity contribution is 6.11. The Morgan fingerprint density at radius 2 is 2.11 bits per heavy atom. The number of nitrogen functional groups attached to an aromatic ring is 1. The van der Waals surface area contributed by atoms with Crippen LogP contribution >= 0.6 is 0 Å². The molecule has 4 aromatic rings. The lowest BCUT2D eigenvalue weighted by Crippen LogP contribution is -2.07. The van der Waals surface area contributed by atoms with Crippen molar-refractivity contribution in [3.63, 3.8) is 0 Å². The summed E-state index contributed by atoms with van der Waals surface area (Å²) < 4.78 is 1.89. The topological polar surface area (TPSA) is 128 Å². The van der Waals surface area contributed by atoms with Crippen LogP contribution in [0.3, 0.4) is 0 Å². The maximum atomic E-state index is 8.99. The first-order valence-electron chi connectivity index (χ1n) is 8.73. The van der Waals surface area contributed by atoms with Crippen LogP contribution in [0, 0.1) is 0 Å². The van der Waals surface area contributed by atoms with E-state index in [2.05, 4.69) is 19.9 Å². The summed E-state index contributed by atoms with van der Waals surface area (Å²) in [5.74, 6) is 0.293. The Balaban J connectivity index is 1.99. The predicted octanol–water partition coefficient (Wildman–Crippen LogP) is 1.89. The lowest BCUT2D eigenvalue weighted by atomic mass is 10.0. The minimum atomic E-state index is -0.0466. The Bertz CT molecular complexity index is 1210. The molecule has 0 aliphatic rings. The molecule has 4 rings (SSSR count). The standard InChI is InChI=1S/C20H19N7O/c21-11-15(12-23-7-9-28)17-18(27-8-6-25-20(27)19(22)26-17)14-3-4-16-13(10-14)2-1-5-24-16/h1-6,8,10-12,28H,7,9,21H2,(H2,22,26). The summed E-state index contributed by atoms with van der Waals surface area (Å²) in [6, 6.07) is 9.87. The van der Waals surface area contributed by atoms with Gasteiger partial charge in [-0.15, -0.1) is 0 Å². The van der Waals surface area contributed by atoms with E-state index in [0.29, 0.717) is 22.7 Å². The molecule has 0 spiro atoms. The van der Waals surface area contributed by atoms with E-state index in [1.54, 1.807) is 18.6 Å². The fourth-order valence-corrected chi connectivity index (χ4v) is 3.11. The zero-order chi connectivity index (χ0) is 19.5. The number of imidazole rings is 1. The van der Waals surface area contributed by atoms with E-state index >= 15 is 0 Å². The van der Waals surface area contributed by atoms with Crippen molar-refractivity contribution < 1.29 is 5.11 Å². The van der Waals surface area contributed by atoms with Crippen molar-refractivity contribution in [2.75, 3.05) is 18.9 Å². The molecule has 140 valence electrons. The molecule has 0 aliphatic heterocycles. The van der Waals surface area contributed by atoms with Crippen LogP contribution in [0.25, 0.3) is 33.4 Å². The molecule has 0 bridgehead atoms. The minimum Gasteiger partial charge on any atom is -0.404 e. The van der Waals surface area contributed by atoms with E-state index in [1.165, 1.54) is 6.20 Å². The van der Waals surface area contributed by atoms with Gasteiger partial charge in [0.15, 0.2) is 11.5 Å². The largest absolute Gasteiger partial charge is 0.404 e. The predicted molar refractivity (Wildman–Crippen MR) is 111 cm³/mol. The van der Waals surface area contributed by atoms with E-state index in [1.807, 2.05) is 40.9 Å². The Morgan fingerprint density at radius 1 is 1.21 bits per heavy atom. The van der Waals surface area contributed by atoms with E-state index in [4.69, 9.17) is 16.6 Å². The number of aliphatic hydroxyl groups excluding tert-OH is 1. The summed E-state index contributed by atoms with van der Waals surface area (Å²) in [7, 11) is 0. The first kappa shape index (κ1) is 17.6. The normalized spacial score (nSPS) is 12.4. The fourth-order valence-electron chi connectivity index (χ4n) is 3.11. The van der Waals surface area contributed by atoms with E-state index in [9.17, 15) is 0 Å². The molecular weight excluding hydrogens is 354 g/mol. The van der Waals surface area contributed by atoms with Gasteiger partial charge < -0.3 is 16.6 Å². The molecule has 0 unspecified atom stereocenters. The number of nitrogens with zero attached hydrogens (tertiary/aromatic N) is 5. The molecule has 0 saturated heterocycles. The number of pyridine rings is 1. The van der Waals surface area contributed by atoms with Crippen LogP contribution in [-0.4, -0.2) is 43.8 Å². The number of hydrogen-bond acceptors (Lipinski definition) is 7. The lowest BCUT2D eigenvalue weighted by Gasteiger charge is -2.14. The zero-order valence-electron chi connectivity index (χ0n) is 15.0. The van der Waals surface area contributed by atoms with Gasteiger partial charge in [0.05, 0.1) is 24.4 Å². The number of aliphatic hydroxyl groups is 1. The highest BCUT2D eigenvalue weighted by Gasteiger charge is 2.18. The number of rotatable bonds is 5. The Labute approximate surface area is 160 Å². The van der Waals surface area contributed by atoms with Crippen molar-refractivity contribution in [3.05, 3.63) is 60.8 Å². The molecule has 0 aliphatic carbocycles. The van der Waals surface area contributed by atoms with Gasteiger partial charge >= 0.3 is 0 Å². The molecule has 0 radical (unpaired) electrons. The van der Waals surface area contributed by atoms with E-state index in [0.717, 1.165) is 22.2 Å². The molecule has 1 aromatic carbocycles. The maximum absolute atomic E-state index is 8.99. The lowest BCUT2D eigenvalue weighted by molar-refractivity contribution is 0.307. The van der Waals surface area contributed by atoms with Crippen LogP contribution < -0.4 is 11.5 Å². The third-order valence-electron chi connectivity index (χ3n) is 4.36. The third kappa shape index (κ3) is 3.06. The molecule has 0 atom stereocenters. The van der Waals surface area contributed by atoms with Crippen LogP contribution in [0.2, 0.25) is 0 Å². The van der Waals surface area contributed by atoms with Gasteiger partial charge in [-0.3, -0.25) is 14.4 Å². The van der Waals surface area contributed by atoms with Crippen molar-refractivity contribution in [2.24, 2.45) is 10.7 Å². The molecule has 3 heterocycles. The number of aromatic nitrogens is 4. The third-order valence-corrected chi connectivity index (χ3v) is 4.36. The second-order valence-electron chi connectivity index (χ2n) is 6.11. The minimum absolute atomic E-state index is 0.0466. The van der Waals surface area contributed by atoms with E-state index in [-0.39, 0.29) is 13.2 Å². The molecule has 3 aromatic heterocycles. The summed E-state index contributed by atoms with van der Waals surface area (Å²) in [5, 5.41) is 10.00. The number of aliphatic imine (C=N–C) groups is 1. The van der Waals surface area contributed by atoms with Crippen LogP contribution in [0.5, 0.6) is 0 Å². The summed E-state index contributed by atoms with van der Waals surface area (Å²) in [4.78, 5) is 17.4. The Hall–Kier alpha value is -3.78. The molecule has 0 saturated carbocycles. The SMILES string of the molecule is NC=C(C=NCCO)c1nc(N)c2nccn2c1-c1ccc2ncccc2c1. The van der Waals surface area contributed by atoms with Crippen molar-refractivity contribution in [3.8, 4) is 11.3 Å². The Morgan fingerprint density at radius 3 is 2.93 bits per heavy atom. The van der Waals surface area contributed by atoms with Crippen LogP contribution in [-0.2, 0) is 0 Å². The number of fused-ring (bicyclic) bond motifs is 2. The van der Waals surface area contributed by atoms with Crippen molar-refractivity contribution in [1.82, 2.24) is 19.4 Å². The van der Waals surface area contributed by atoms with Gasteiger partial charge in [-0.05, 0) is 18.2 Å². The monoisotopic (exact) mass is 373 g/mol. The van der Waals surface area contributed by atoms with Gasteiger partial charge in [0.25, 0.3) is 0 Å². The number of nitrogens with two attached hydrogens (primary N) is 2. The van der Waals surface area contributed by atoms with Gasteiger partial charge in [-0.2, -0.15) is 0 Å². The number of benzene rings is 1. The fraction of sp³-hybridized carbons (Fsp3) is 0.100. The first-order valence-corrected chi connectivity index (χ1v) is 8.73. The molecule has 8 heteroatoms. The first-order chi connectivity index (χ1) is 13.7. The second-order valence-corrected chi connectivity index (χ2v) is 6.11. The number of allylic oxidation sites excluding steroid dienone is 1.